The van der Waals surface area contributed by atoms with Crippen molar-refractivity contribution in [1.82, 2.24) is 4.57 Å². The zero-order valence-corrected chi connectivity index (χ0v) is 25.2. The molecule has 202 valence electrons. The molecule has 6 aromatic carbocycles. The van der Waals surface area contributed by atoms with Gasteiger partial charge in [0.25, 0.3) is 0 Å². The van der Waals surface area contributed by atoms with Gasteiger partial charge in [-0.2, -0.15) is 5.26 Å². The van der Waals surface area contributed by atoms with E-state index in [-0.39, 0.29) is 0 Å². The van der Waals surface area contributed by atoms with Crippen LogP contribution >= 0.6 is 22.7 Å². The number of benzene rings is 6. The van der Waals surface area contributed by atoms with Crippen molar-refractivity contribution in [2.75, 3.05) is 0 Å². The highest BCUT2D eigenvalue weighted by molar-refractivity contribution is 7.27. The lowest BCUT2D eigenvalue weighted by atomic mass is 9.96. The lowest BCUT2D eigenvalue weighted by Gasteiger charge is -2.10. The Morgan fingerprint density at radius 2 is 1.26 bits per heavy atom. The van der Waals surface area contributed by atoms with Gasteiger partial charge in [0.2, 0.25) is 0 Å². The van der Waals surface area contributed by atoms with Crippen LogP contribution < -0.4 is 0 Å². The third-order valence-corrected chi connectivity index (χ3v) is 11.2. The molecule has 3 heterocycles. The maximum atomic E-state index is 10.2. The summed E-state index contributed by atoms with van der Waals surface area (Å²) in [5, 5.41) is 17.7. The van der Waals surface area contributed by atoms with Crippen molar-refractivity contribution in [3.05, 3.63) is 126 Å². The molecule has 43 heavy (non-hydrogen) atoms. The van der Waals surface area contributed by atoms with Crippen LogP contribution in [0.4, 0.5) is 0 Å². The molecule has 0 saturated carbocycles. The van der Waals surface area contributed by atoms with Gasteiger partial charge in [-0.1, -0.05) is 77.9 Å². The van der Waals surface area contributed by atoms with Crippen molar-refractivity contribution < 1.29 is 0 Å². The van der Waals surface area contributed by atoms with E-state index in [2.05, 4.69) is 128 Å². The minimum Gasteiger partial charge on any atom is -0.308 e. The number of nitriles is 1. The Kier molecular flexibility index (Phi) is 5.17. The third-order valence-electron chi connectivity index (χ3n) is 8.76. The predicted molar refractivity (Wildman–Crippen MR) is 186 cm³/mol. The highest BCUT2D eigenvalue weighted by atomic mass is 32.1. The molecule has 0 unspecified atom stereocenters. The van der Waals surface area contributed by atoms with E-state index in [1.807, 2.05) is 17.4 Å². The summed E-state index contributed by atoms with van der Waals surface area (Å²) in [6, 6.07) is 42.1. The van der Waals surface area contributed by atoms with Crippen molar-refractivity contribution in [1.29, 1.82) is 5.26 Å². The van der Waals surface area contributed by atoms with Gasteiger partial charge < -0.3 is 4.57 Å². The summed E-state index contributed by atoms with van der Waals surface area (Å²) in [7, 11) is 0. The van der Waals surface area contributed by atoms with Crippen molar-refractivity contribution >= 4 is 84.8 Å². The van der Waals surface area contributed by atoms with Gasteiger partial charge in [0.1, 0.15) is 6.07 Å². The molecule has 0 bridgehead atoms. The predicted octanol–water partition coefficient (Wildman–Crippen LogP) is 11.7. The van der Waals surface area contributed by atoms with Crippen molar-refractivity contribution in [3.8, 4) is 22.9 Å². The Labute approximate surface area is 256 Å². The van der Waals surface area contributed by atoms with E-state index in [1.54, 1.807) is 11.3 Å². The summed E-state index contributed by atoms with van der Waals surface area (Å²) in [6.45, 7) is 4.32. The third kappa shape index (κ3) is 3.44. The number of fused-ring (bicyclic) bond motifs is 9. The lowest BCUT2D eigenvalue weighted by molar-refractivity contribution is 1.20. The van der Waals surface area contributed by atoms with Gasteiger partial charge in [-0.3, -0.25) is 0 Å². The van der Waals surface area contributed by atoms with Gasteiger partial charge in [-0.05, 0) is 61.9 Å². The molecule has 0 fully saturated rings. The molecule has 4 heteroatoms. The minimum atomic E-state index is 0.725. The average Bonchev–Trinajstić information content (AvgIpc) is 3.70. The normalized spacial score (nSPS) is 11.9. The van der Waals surface area contributed by atoms with Crippen LogP contribution in [0.1, 0.15) is 16.7 Å². The Morgan fingerprint density at radius 3 is 2.02 bits per heavy atom. The first-order valence-electron chi connectivity index (χ1n) is 14.4. The number of thiophene rings is 2. The van der Waals surface area contributed by atoms with Gasteiger partial charge in [-0.25, -0.2) is 0 Å². The highest BCUT2D eigenvalue weighted by Gasteiger charge is 2.21. The first-order chi connectivity index (χ1) is 21.1. The topological polar surface area (TPSA) is 28.7 Å². The number of hydrogen-bond acceptors (Lipinski definition) is 3. The summed E-state index contributed by atoms with van der Waals surface area (Å²) in [5.74, 6) is 0. The Morgan fingerprint density at radius 1 is 0.558 bits per heavy atom. The Hall–Kier alpha value is -4.95. The fraction of sp³-hybridized carbons (Fsp3) is 0.0513. The smallest absolute Gasteiger partial charge is 0.101 e. The van der Waals surface area contributed by atoms with E-state index in [4.69, 9.17) is 0 Å². The standard InChI is InChI=1S/C39H24N2S2/c1-22-13-17-32-30(19-22)31-20-23(2)14-18-33(31)41(32)34-11-6-10-29-36-26(16-15-24(21-40)37(36)43-39(29)34)28-9-5-8-27-25-7-3-4-12-35(25)42-38(27)28/h3-20H,1-2H3. The maximum absolute atomic E-state index is 10.2. The molecule has 0 N–H and O–H groups in total. The first kappa shape index (κ1) is 24.6. The number of aromatic nitrogens is 1. The zero-order valence-electron chi connectivity index (χ0n) is 23.6. The van der Waals surface area contributed by atoms with E-state index in [9.17, 15) is 5.26 Å². The highest BCUT2D eigenvalue weighted by Crippen LogP contribution is 2.48. The van der Waals surface area contributed by atoms with Gasteiger partial charge in [0, 0.05) is 47.3 Å². The van der Waals surface area contributed by atoms with Crippen molar-refractivity contribution in [2.24, 2.45) is 0 Å². The lowest BCUT2D eigenvalue weighted by Crippen LogP contribution is -1.94. The summed E-state index contributed by atoms with van der Waals surface area (Å²) in [5.41, 5.74) is 9.20. The van der Waals surface area contributed by atoms with Crippen LogP contribution in [0.25, 0.3) is 79.0 Å². The van der Waals surface area contributed by atoms with E-state index >= 15 is 0 Å². The van der Waals surface area contributed by atoms with Crippen LogP contribution in [0.15, 0.2) is 109 Å². The van der Waals surface area contributed by atoms with Gasteiger partial charge in [0.05, 0.1) is 31.7 Å². The van der Waals surface area contributed by atoms with E-state index in [0.29, 0.717) is 0 Å². The fourth-order valence-corrected chi connectivity index (χ4v) is 9.37. The van der Waals surface area contributed by atoms with E-state index in [1.165, 1.54) is 79.7 Å². The maximum Gasteiger partial charge on any atom is 0.101 e. The van der Waals surface area contributed by atoms with Crippen LogP contribution in [-0.2, 0) is 0 Å². The molecule has 0 saturated heterocycles. The SMILES string of the molecule is Cc1ccc2c(c1)c1cc(C)ccc1n2-c1cccc2c1sc1c(C#N)ccc(-c3cccc4c3sc3ccccc34)c12. The molecule has 9 rings (SSSR count). The number of rotatable bonds is 2. The second kappa shape index (κ2) is 9.02. The van der Waals surface area contributed by atoms with E-state index < -0.39 is 0 Å². The summed E-state index contributed by atoms with van der Waals surface area (Å²) < 4.78 is 7.25. The van der Waals surface area contributed by atoms with Crippen LogP contribution in [0.2, 0.25) is 0 Å². The van der Waals surface area contributed by atoms with E-state index in [0.717, 1.165) is 16.0 Å². The Balaban J connectivity index is 1.41. The van der Waals surface area contributed by atoms with Gasteiger partial charge in [-0.15, -0.1) is 22.7 Å². The second-order valence-corrected chi connectivity index (χ2v) is 13.5. The second-order valence-electron chi connectivity index (χ2n) is 11.4. The molecular formula is C39H24N2S2. The summed E-state index contributed by atoms with van der Waals surface area (Å²) >= 11 is 3.59. The monoisotopic (exact) mass is 584 g/mol. The van der Waals surface area contributed by atoms with Gasteiger partial charge in [0.15, 0.2) is 0 Å². The van der Waals surface area contributed by atoms with Crippen LogP contribution in [0.3, 0.4) is 0 Å². The molecule has 0 amide bonds. The molecule has 0 aliphatic rings. The quantitative estimate of drug-likeness (QED) is 0.199. The molecule has 0 aliphatic heterocycles. The Bertz CT molecular complexity index is 2600. The molecule has 9 aromatic rings. The molecule has 0 atom stereocenters. The minimum absolute atomic E-state index is 0.725. The molecule has 0 spiro atoms. The van der Waals surface area contributed by atoms with Crippen molar-refractivity contribution in [2.45, 2.75) is 13.8 Å². The first-order valence-corrected chi connectivity index (χ1v) is 16.0. The molecule has 0 radical (unpaired) electrons. The molecule has 3 aromatic heterocycles. The summed E-state index contributed by atoms with van der Waals surface area (Å²) in [6.07, 6.45) is 0. The van der Waals surface area contributed by atoms with Crippen molar-refractivity contribution in [3.63, 3.8) is 0 Å². The average molecular weight is 585 g/mol. The van der Waals surface area contributed by atoms with Crippen LogP contribution in [0, 0.1) is 25.2 Å². The summed E-state index contributed by atoms with van der Waals surface area (Å²) in [4.78, 5) is 0. The zero-order chi connectivity index (χ0) is 28.8. The van der Waals surface area contributed by atoms with Gasteiger partial charge >= 0.3 is 0 Å². The van der Waals surface area contributed by atoms with Crippen LogP contribution in [-0.4, -0.2) is 4.57 Å². The largest absolute Gasteiger partial charge is 0.308 e. The van der Waals surface area contributed by atoms with Crippen LogP contribution in [0.5, 0.6) is 0 Å². The molecular weight excluding hydrogens is 561 g/mol. The fourth-order valence-electron chi connectivity index (χ4n) is 6.85. The number of aryl methyl sites for hydroxylation is 2. The molecule has 0 aliphatic carbocycles. The number of nitrogens with zero attached hydrogens (tertiary/aromatic N) is 2. The molecule has 2 nitrogen and oxygen atoms in total. The number of hydrogen-bond donors (Lipinski definition) is 0.